The summed E-state index contributed by atoms with van der Waals surface area (Å²) in [6.07, 6.45) is 5.25. The average molecular weight is 271 g/mol. The largest absolute Gasteiger partial charge is 0.490 e. The number of hydrogen-bond donors (Lipinski definition) is 1. The zero-order valence-corrected chi connectivity index (χ0v) is 10.7. The zero-order valence-electron chi connectivity index (χ0n) is 10.7. The molecule has 6 nitrogen and oxygen atoms in total. The molecule has 0 fully saturated rings. The molecule has 0 spiro atoms. The monoisotopic (exact) mass is 271 g/mol. The number of aromatic nitrogens is 2. The van der Waals surface area contributed by atoms with Crippen molar-refractivity contribution in [1.82, 2.24) is 9.97 Å². The third-order valence-corrected chi connectivity index (χ3v) is 2.80. The van der Waals surface area contributed by atoms with E-state index in [-0.39, 0.29) is 11.6 Å². The van der Waals surface area contributed by atoms with Gasteiger partial charge in [-0.15, -0.1) is 0 Å². The zero-order chi connectivity index (χ0) is 13.8. The lowest BCUT2D eigenvalue weighted by Crippen LogP contribution is -2.13. The highest BCUT2D eigenvalue weighted by molar-refractivity contribution is 6.02. The van der Waals surface area contributed by atoms with Crippen molar-refractivity contribution in [3.05, 3.63) is 42.5 Å². The van der Waals surface area contributed by atoms with E-state index in [2.05, 4.69) is 15.3 Å². The molecule has 1 N–H and O–H groups in total. The first-order valence-electron chi connectivity index (χ1n) is 6.30. The quantitative estimate of drug-likeness (QED) is 0.903. The van der Waals surface area contributed by atoms with Gasteiger partial charge < -0.3 is 14.8 Å². The lowest BCUT2D eigenvalue weighted by Gasteiger charge is -2.10. The Bertz CT molecular complexity index is 616. The number of hydrogen-bond acceptors (Lipinski definition) is 5. The lowest BCUT2D eigenvalue weighted by molar-refractivity contribution is 0.102. The highest BCUT2D eigenvalue weighted by Crippen LogP contribution is 2.32. The van der Waals surface area contributed by atoms with Crippen LogP contribution >= 0.6 is 0 Å². The van der Waals surface area contributed by atoms with Gasteiger partial charge in [0, 0.05) is 30.6 Å². The SMILES string of the molecule is O=C(Nc1ccc2c(c1)OCCCO2)c1cnccn1. The number of carbonyl (C=O) groups excluding carboxylic acids is 1. The summed E-state index contributed by atoms with van der Waals surface area (Å²) in [5, 5.41) is 2.75. The van der Waals surface area contributed by atoms with Crippen molar-refractivity contribution in [2.24, 2.45) is 0 Å². The average Bonchev–Trinajstić information content (AvgIpc) is 2.73. The summed E-state index contributed by atoms with van der Waals surface area (Å²) in [7, 11) is 0. The molecule has 0 radical (unpaired) electrons. The Morgan fingerprint density at radius 3 is 2.80 bits per heavy atom. The Balaban J connectivity index is 1.78. The molecule has 6 heteroatoms. The van der Waals surface area contributed by atoms with E-state index in [4.69, 9.17) is 9.47 Å². The summed E-state index contributed by atoms with van der Waals surface area (Å²) < 4.78 is 11.1. The van der Waals surface area contributed by atoms with Gasteiger partial charge in [0.15, 0.2) is 11.5 Å². The van der Waals surface area contributed by atoms with Crippen molar-refractivity contribution in [3.8, 4) is 11.5 Å². The van der Waals surface area contributed by atoms with Crippen LogP contribution in [0.1, 0.15) is 16.9 Å². The second-order valence-corrected chi connectivity index (χ2v) is 4.26. The molecule has 2 aromatic rings. The third kappa shape index (κ3) is 2.69. The maximum Gasteiger partial charge on any atom is 0.275 e. The molecule has 1 aliphatic heterocycles. The number of benzene rings is 1. The maximum absolute atomic E-state index is 12.0. The summed E-state index contributed by atoms with van der Waals surface area (Å²) in [4.78, 5) is 19.8. The van der Waals surface area contributed by atoms with Crippen LogP contribution in [0.15, 0.2) is 36.8 Å². The van der Waals surface area contributed by atoms with Gasteiger partial charge in [-0.2, -0.15) is 0 Å². The van der Waals surface area contributed by atoms with Crippen molar-refractivity contribution in [3.63, 3.8) is 0 Å². The van der Waals surface area contributed by atoms with Crippen molar-refractivity contribution in [2.75, 3.05) is 18.5 Å². The Morgan fingerprint density at radius 1 is 1.15 bits per heavy atom. The van der Waals surface area contributed by atoms with E-state index >= 15 is 0 Å². The maximum atomic E-state index is 12.0. The van der Waals surface area contributed by atoms with Crippen molar-refractivity contribution >= 4 is 11.6 Å². The van der Waals surface area contributed by atoms with E-state index in [1.54, 1.807) is 18.2 Å². The van der Waals surface area contributed by atoms with Gasteiger partial charge in [-0.1, -0.05) is 0 Å². The number of amides is 1. The smallest absolute Gasteiger partial charge is 0.275 e. The van der Waals surface area contributed by atoms with E-state index in [9.17, 15) is 4.79 Å². The Kier molecular flexibility index (Phi) is 3.45. The van der Waals surface area contributed by atoms with E-state index in [1.165, 1.54) is 18.6 Å². The molecule has 20 heavy (non-hydrogen) atoms. The molecule has 1 amide bonds. The van der Waals surface area contributed by atoms with Crippen molar-refractivity contribution in [2.45, 2.75) is 6.42 Å². The normalized spacial score (nSPS) is 13.4. The molecule has 0 bridgehead atoms. The Labute approximate surface area is 115 Å². The molecular weight excluding hydrogens is 258 g/mol. The van der Waals surface area contributed by atoms with Crippen LogP contribution in [-0.4, -0.2) is 29.1 Å². The number of fused-ring (bicyclic) bond motifs is 1. The predicted molar refractivity (Wildman–Crippen MR) is 72.0 cm³/mol. The van der Waals surface area contributed by atoms with Crippen LogP contribution in [0, 0.1) is 0 Å². The molecule has 0 saturated carbocycles. The lowest BCUT2D eigenvalue weighted by atomic mass is 10.2. The summed E-state index contributed by atoms with van der Waals surface area (Å²) in [6.45, 7) is 1.24. The molecular formula is C14H13N3O3. The van der Waals surface area contributed by atoms with Crippen molar-refractivity contribution < 1.29 is 14.3 Å². The van der Waals surface area contributed by atoms with Crippen LogP contribution in [-0.2, 0) is 0 Å². The van der Waals surface area contributed by atoms with Gasteiger partial charge in [0.2, 0.25) is 0 Å². The highest BCUT2D eigenvalue weighted by Gasteiger charge is 2.13. The molecule has 1 aromatic carbocycles. The van der Waals surface area contributed by atoms with E-state index in [1.807, 2.05) is 0 Å². The minimum Gasteiger partial charge on any atom is -0.490 e. The first kappa shape index (κ1) is 12.4. The molecule has 1 aliphatic rings. The molecule has 102 valence electrons. The van der Waals surface area contributed by atoms with Gasteiger partial charge in [0.05, 0.1) is 19.4 Å². The molecule has 0 unspecified atom stereocenters. The minimum absolute atomic E-state index is 0.264. The van der Waals surface area contributed by atoms with E-state index < -0.39 is 0 Å². The van der Waals surface area contributed by atoms with Gasteiger partial charge in [-0.3, -0.25) is 9.78 Å². The van der Waals surface area contributed by atoms with Crippen LogP contribution in [0.3, 0.4) is 0 Å². The molecule has 1 aromatic heterocycles. The van der Waals surface area contributed by atoms with Gasteiger partial charge in [-0.25, -0.2) is 4.98 Å². The standard InChI is InChI=1S/C14H13N3O3/c18-14(11-9-15-4-5-16-11)17-10-2-3-12-13(8-10)20-7-1-6-19-12/h2-5,8-9H,1,6-7H2,(H,17,18). The molecule has 2 heterocycles. The van der Waals surface area contributed by atoms with Gasteiger partial charge in [0.1, 0.15) is 5.69 Å². The Morgan fingerprint density at radius 2 is 2.00 bits per heavy atom. The van der Waals surface area contributed by atoms with E-state index in [0.29, 0.717) is 30.4 Å². The number of anilines is 1. The van der Waals surface area contributed by atoms with Crippen LogP contribution in [0.2, 0.25) is 0 Å². The fourth-order valence-electron chi connectivity index (χ4n) is 1.85. The number of nitrogens with zero attached hydrogens (tertiary/aromatic N) is 2. The van der Waals surface area contributed by atoms with Gasteiger partial charge >= 0.3 is 0 Å². The number of rotatable bonds is 2. The fraction of sp³-hybridized carbons (Fsp3) is 0.214. The van der Waals surface area contributed by atoms with Crippen LogP contribution in [0.25, 0.3) is 0 Å². The van der Waals surface area contributed by atoms with Crippen molar-refractivity contribution in [1.29, 1.82) is 0 Å². The van der Waals surface area contributed by atoms with E-state index in [0.717, 1.165) is 6.42 Å². The minimum atomic E-state index is -0.312. The first-order chi connectivity index (χ1) is 9.83. The highest BCUT2D eigenvalue weighted by atomic mass is 16.5. The molecule has 0 saturated heterocycles. The van der Waals surface area contributed by atoms with Crippen LogP contribution in [0.4, 0.5) is 5.69 Å². The molecule has 0 atom stereocenters. The molecule has 3 rings (SSSR count). The second kappa shape index (κ2) is 5.56. The summed E-state index contributed by atoms with van der Waals surface area (Å²) in [6, 6.07) is 5.30. The third-order valence-electron chi connectivity index (χ3n) is 2.80. The number of carbonyl (C=O) groups is 1. The fourth-order valence-corrected chi connectivity index (χ4v) is 1.85. The van der Waals surface area contributed by atoms with Gasteiger partial charge in [-0.05, 0) is 12.1 Å². The summed E-state index contributed by atoms with van der Waals surface area (Å²) in [5.41, 5.74) is 0.893. The van der Waals surface area contributed by atoms with Gasteiger partial charge in [0.25, 0.3) is 5.91 Å². The number of nitrogens with one attached hydrogen (secondary N) is 1. The van der Waals surface area contributed by atoms with Crippen LogP contribution in [0.5, 0.6) is 11.5 Å². The predicted octanol–water partition coefficient (Wildman–Crippen LogP) is 1.89. The topological polar surface area (TPSA) is 73.3 Å². The first-order valence-corrected chi connectivity index (χ1v) is 6.30. The number of ether oxygens (including phenoxy) is 2. The second-order valence-electron chi connectivity index (χ2n) is 4.26. The summed E-state index contributed by atoms with van der Waals surface area (Å²) in [5.74, 6) is 1.02. The molecule has 0 aliphatic carbocycles. The summed E-state index contributed by atoms with van der Waals surface area (Å²) >= 11 is 0. The van der Waals surface area contributed by atoms with Crippen LogP contribution < -0.4 is 14.8 Å². The Hall–Kier alpha value is -2.63.